The van der Waals surface area contributed by atoms with Crippen LogP contribution in [0.5, 0.6) is 0 Å². The Labute approximate surface area is 150 Å². The molecule has 132 valence electrons. The molecule has 0 amide bonds. The van der Waals surface area contributed by atoms with Gasteiger partial charge in [-0.15, -0.1) is 24.8 Å². The predicted octanol–water partition coefficient (Wildman–Crippen LogP) is 3.21. The van der Waals surface area contributed by atoms with Gasteiger partial charge < -0.3 is 15.7 Å². The van der Waals surface area contributed by atoms with Crippen molar-refractivity contribution >= 4 is 24.8 Å². The van der Waals surface area contributed by atoms with Crippen molar-refractivity contribution in [3.05, 3.63) is 35.6 Å². The Morgan fingerprint density at radius 1 is 1.22 bits per heavy atom. The average molecular weight is 365 g/mol. The van der Waals surface area contributed by atoms with Crippen LogP contribution in [0, 0.1) is 11.7 Å². The summed E-state index contributed by atoms with van der Waals surface area (Å²) in [5.41, 5.74) is 0.674. The van der Waals surface area contributed by atoms with E-state index in [9.17, 15) is 9.50 Å². The van der Waals surface area contributed by atoms with Crippen LogP contribution >= 0.6 is 24.8 Å². The Morgan fingerprint density at radius 2 is 2.04 bits per heavy atom. The van der Waals surface area contributed by atoms with E-state index in [1.165, 1.54) is 31.4 Å². The molecule has 2 aliphatic rings. The van der Waals surface area contributed by atoms with Crippen molar-refractivity contribution in [3.8, 4) is 0 Å². The zero-order chi connectivity index (χ0) is 14.7. The number of aliphatic hydroxyl groups excluding tert-OH is 1. The van der Waals surface area contributed by atoms with Gasteiger partial charge in [0.25, 0.3) is 0 Å². The Kier molecular flexibility index (Phi) is 8.80. The first-order valence-corrected chi connectivity index (χ1v) is 8.12. The lowest BCUT2D eigenvalue weighted by Gasteiger charge is -2.26. The van der Waals surface area contributed by atoms with E-state index in [-0.39, 0.29) is 36.7 Å². The highest BCUT2D eigenvalue weighted by atomic mass is 35.5. The van der Waals surface area contributed by atoms with Gasteiger partial charge in [0.2, 0.25) is 0 Å². The maximum Gasteiger partial charge on any atom is 0.123 e. The largest absolute Gasteiger partial charge is 0.387 e. The van der Waals surface area contributed by atoms with E-state index in [4.69, 9.17) is 0 Å². The third-order valence-corrected chi connectivity index (χ3v) is 4.86. The number of aliphatic hydroxyl groups is 1. The van der Waals surface area contributed by atoms with Gasteiger partial charge in [-0.1, -0.05) is 12.1 Å². The minimum Gasteiger partial charge on any atom is -0.387 e. The molecule has 0 unspecified atom stereocenters. The van der Waals surface area contributed by atoms with Crippen LogP contribution in [0.3, 0.4) is 0 Å². The molecule has 3 rings (SSSR count). The first-order valence-electron chi connectivity index (χ1n) is 8.12. The van der Waals surface area contributed by atoms with Crippen LogP contribution in [-0.2, 0) is 0 Å². The second-order valence-corrected chi connectivity index (χ2v) is 6.50. The summed E-state index contributed by atoms with van der Waals surface area (Å²) in [6.07, 6.45) is 5.21. The molecule has 1 aromatic carbocycles. The zero-order valence-electron chi connectivity index (χ0n) is 13.2. The van der Waals surface area contributed by atoms with Crippen LogP contribution < -0.4 is 10.6 Å². The molecule has 0 saturated carbocycles. The standard InChI is InChI=1S/C17H25FN2O.2ClH/c18-14-5-1-4-13(10-14)17(21)16-7-6-15(20-16)9-12-3-2-8-19-11-12;;/h1,4-5,10,12,15-17,19-21H,2-3,6-9,11H2;2*1H/t12-,15+,16-,17-;;/m1../s1. The minimum absolute atomic E-state index is 0. The van der Waals surface area contributed by atoms with Gasteiger partial charge in [-0.2, -0.15) is 0 Å². The van der Waals surface area contributed by atoms with E-state index in [0.717, 1.165) is 31.8 Å². The fourth-order valence-electron chi connectivity index (χ4n) is 3.74. The van der Waals surface area contributed by atoms with Gasteiger partial charge in [-0.05, 0) is 68.8 Å². The van der Waals surface area contributed by atoms with Crippen LogP contribution in [0.25, 0.3) is 0 Å². The van der Waals surface area contributed by atoms with E-state index in [2.05, 4.69) is 10.6 Å². The predicted molar refractivity (Wildman–Crippen MR) is 96.0 cm³/mol. The number of nitrogens with one attached hydrogen (secondary N) is 2. The number of hydrogen-bond donors (Lipinski definition) is 3. The summed E-state index contributed by atoms with van der Waals surface area (Å²) >= 11 is 0. The van der Waals surface area contributed by atoms with Crippen LogP contribution in [-0.4, -0.2) is 30.3 Å². The van der Waals surface area contributed by atoms with Crippen LogP contribution in [0.4, 0.5) is 4.39 Å². The Morgan fingerprint density at radius 3 is 2.74 bits per heavy atom. The van der Waals surface area contributed by atoms with Crippen molar-refractivity contribution < 1.29 is 9.50 Å². The zero-order valence-corrected chi connectivity index (χ0v) is 14.8. The number of hydrogen-bond acceptors (Lipinski definition) is 3. The fraction of sp³-hybridized carbons (Fsp3) is 0.647. The molecular formula is C17H27Cl2FN2O. The smallest absolute Gasteiger partial charge is 0.123 e. The maximum absolute atomic E-state index is 13.3. The van der Waals surface area contributed by atoms with Gasteiger partial charge in [-0.25, -0.2) is 4.39 Å². The van der Waals surface area contributed by atoms with Crippen LogP contribution in [0.2, 0.25) is 0 Å². The van der Waals surface area contributed by atoms with Crippen molar-refractivity contribution in [1.82, 2.24) is 10.6 Å². The molecule has 0 bridgehead atoms. The molecule has 6 heteroatoms. The number of rotatable bonds is 4. The quantitative estimate of drug-likeness (QED) is 0.768. The summed E-state index contributed by atoms with van der Waals surface area (Å²) in [7, 11) is 0. The molecule has 3 N–H and O–H groups in total. The number of halogens is 3. The van der Waals surface area contributed by atoms with Crippen molar-refractivity contribution in [3.63, 3.8) is 0 Å². The molecule has 2 fully saturated rings. The average Bonchev–Trinajstić information content (AvgIpc) is 2.96. The normalized spacial score (nSPS) is 28.5. The lowest BCUT2D eigenvalue weighted by molar-refractivity contribution is 0.133. The Balaban J connectivity index is 0.00000132. The molecule has 2 aliphatic heterocycles. The molecule has 1 aromatic rings. The second-order valence-electron chi connectivity index (χ2n) is 6.50. The highest BCUT2D eigenvalue weighted by Gasteiger charge is 2.31. The van der Waals surface area contributed by atoms with Gasteiger partial charge in [0.15, 0.2) is 0 Å². The molecule has 2 saturated heterocycles. The molecule has 0 aromatic heterocycles. The molecule has 0 aliphatic carbocycles. The minimum atomic E-state index is -0.616. The van der Waals surface area contributed by atoms with Crippen molar-refractivity contribution in [1.29, 1.82) is 0 Å². The summed E-state index contributed by atoms with van der Waals surface area (Å²) in [6, 6.07) is 6.85. The Hall–Kier alpha value is -0.390. The van der Waals surface area contributed by atoms with Gasteiger partial charge in [0.05, 0.1) is 6.10 Å². The van der Waals surface area contributed by atoms with Crippen molar-refractivity contribution in [2.24, 2.45) is 5.92 Å². The summed E-state index contributed by atoms with van der Waals surface area (Å²) in [5.74, 6) is 0.468. The topological polar surface area (TPSA) is 44.3 Å². The van der Waals surface area contributed by atoms with Crippen LogP contribution in [0.1, 0.15) is 43.8 Å². The van der Waals surface area contributed by atoms with E-state index >= 15 is 0 Å². The SMILES string of the molecule is Cl.Cl.O[C@H](c1cccc(F)c1)[C@H]1CC[C@@H](C[C@H]2CCCNC2)N1. The van der Waals surface area contributed by atoms with Crippen molar-refractivity contribution in [2.45, 2.75) is 50.3 Å². The third-order valence-electron chi connectivity index (χ3n) is 4.86. The summed E-state index contributed by atoms with van der Waals surface area (Å²) < 4.78 is 13.3. The highest BCUT2D eigenvalue weighted by Crippen LogP contribution is 2.29. The van der Waals surface area contributed by atoms with Gasteiger partial charge >= 0.3 is 0 Å². The molecule has 0 radical (unpaired) electrons. The van der Waals surface area contributed by atoms with E-state index in [1.54, 1.807) is 12.1 Å². The highest BCUT2D eigenvalue weighted by molar-refractivity contribution is 5.85. The maximum atomic E-state index is 13.3. The summed E-state index contributed by atoms with van der Waals surface area (Å²) in [4.78, 5) is 0. The molecule has 4 atom stereocenters. The van der Waals surface area contributed by atoms with E-state index in [1.807, 2.05) is 0 Å². The first-order chi connectivity index (χ1) is 10.2. The third kappa shape index (κ3) is 5.57. The molecule has 3 nitrogen and oxygen atoms in total. The molecular weight excluding hydrogens is 338 g/mol. The summed E-state index contributed by atoms with van der Waals surface area (Å²) in [6.45, 7) is 2.27. The van der Waals surface area contributed by atoms with E-state index < -0.39 is 6.10 Å². The van der Waals surface area contributed by atoms with E-state index in [0.29, 0.717) is 11.6 Å². The Bertz CT molecular complexity index is 472. The number of benzene rings is 1. The lowest BCUT2D eigenvalue weighted by Crippen LogP contribution is -2.38. The van der Waals surface area contributed by atoms with Crippen molar-refractivity contribution in [2.75, 3.05) is 13.1 Å². The van der Waals surface area contributed by atoms with Gasteiger partial charge in [0, 0.05) is 12.1 Å². The van der Waals surface area contributed by atoms with Crippen LogP contribution in [0.15, 0.2) is 24.3 Å². The monoisotopic (exact) mass is 364 g/mol. The van der Waals surface area contributed by atoms with Gasteiger partial charge in [-0.3, -0.25) is 0 Å². The fourth-order valence-corrected chi connectivity index (χ4v) is 3.74. The molecule has 0 spiro atoms. The second kappa shape index (κ2) is 9.80. The molecule has 2 heterocycles. The molecule has 23 heavy (non-hydrogen) atoms. The summed E-state index contributed by atoms with van der Waals surface area (Å²) in [5, 5.41) is 17.4. The number of piperidine rings is 1. The van der Waals surface area contributed by atoms with Gasteiger partial charge in [0.1, 0.15) is 5.82 Å². The lowest BCUT2D eigenvalue weighted by atomic mass is 9.92. The first kappa shape index (κ1) is 20.7.